The Morgan fingerprint density at radius 1 is 0.653 bits per heavy atom. The molecule has 9 nitrogen and oxygen atoms in total. The summed E-state index contributed by atoms with van der Waals surface area (Å²) < 4.78 is 70.1. The van der Waals surface area contributed by atoms with E-state index in [2.05, 4.69) is 24.3 Å². The Bertz CT molecular complexity index is 2020. The largest absolute Gasteiger partial charge is 1.00 e. The molecule has 0 saturated carbocycles. The summed E-state index contributed by atoms with van der Waals surface area (Å²) in [4.78, 5) is 3.46. The van der Waals surface area contributed by atoms with Crippen LogP contribution in [0, 0.1) is 0 Å². The van der Waals surface area contributed by atoms with E-state index in [1.54, 1.807) is 24.3 Å². The molecule has 0 saturated heterocycles. The third-order valence-electron chi connectivity index (χ3n) is 8.09. The number of nitrogens with zero attached hydrogens (tertiary/aromatic N) is 3. The molecule has 1 aliphatic rings. The summed E-state index contributed by atoms with van der Waals surface area (Å²) >= 11 is 0. The number of hydrogen-bond acceptors (Lipinski definition) is 7. The van der Waals surface area contributed by atoms with Crippen molar-refractivity contribution in [1.29, 1.82) is 0 Å². The third kappa shape index (κ3) is 8.87. The maximum absolute atomic E-state index is 11.8. The van der Waals surface area contributed by atoms with Gasteiger partial charge in [-0.1, -0.05) is 36.4 Å². The van der Waals surface area contributed by atoms with Gasteiger partial charge in [0, 0.05) is 48.0 Å². The number of benzene rings is 4. The minimum absolute atomic E-state index is 0. The number of hydrogen-bond donors (Lipinski definition) is 1. The molecule has 5 rings (SSSR count). The first-order valence-electron chi connectivity index (χ1n) is 15.3. The first-order valence-corrected chi connectivity index (χ1v) is 18.2. The Kier molecular flexibility index (Phi) is 12.3. The molecule has 0 atom stereocenters. The summed E-state index contributed by atoms with van der Waals surface area (Å²) in [5.41, 5.74) is 7.93. The monoisotopic (exact) mass is 706 g/mol. The summed E-state index contributed by atoms with van der Waals surface area (Å²) in [7, 11) is -4.96. The predicted molar refractivity (Wildman–Crippen MR) is 190 cm³/mol. The maximum Gasteiger partial charge on any atom is 1.00 e. The fourth-order valence-electron chi connectivity index (χ4n) is 5.69. The van der Waals surface area contributed by atoms with E-state index in [0.29, 0.717) is 24.5 Å². The van der Waals surface area contributed by atoms with Crippen molar-refractivity contribution >= 4 is 54.3 Å². The van der Waals surface area contributed by atoms with Crippen LogP contribution in [0.1, 0.15) is 25.0 Å². The molecule has 0 amide bonds. The van der Waals surface area contributed by atoms with Crippen LogP contribution in [0.2, 0.25) is 0 Å². The van der Waals surface area contributed by atoms with Gasteiger partial charge in [-0.3, -0.25) is 4.55 Å². The Morgan fingerprint density at radius 2 is 1.08 bits per heavy atom. The van der Waals surface area contributed by atoms with Crippen molar-refractivity contribution in [3.8, 4) is 0 Å². The van der Waals surface area contributed by atoms with Crippen LogP contribution in [0.4, 0.5) is 22.7 Å². The van der Waals surface area contributed by atoms with Crippen molar-refractivity contribution in [2.45, 2.75) is 23.6 Å². The van der Waals surface area contributed by atoms with E-state index in [0.717, 1.165) is 39.4 Å². The van der Waals surface area contributed by atoms with Gasteiger partial charge in [0.1, 0.15) is 24.2 Å². The van der Waals surface area contributed by atoms with Crippen molar-refractivity contribution in [3.63, 3.8) is 0 Å². The van der Waals surface area contributed by atoms with Crippen LogP contribution in [-0.2, 0) is 20.2 Å². The van der Waals surface area contributed by atoms with Gasteiger partial charge in [-0.2, -0.15) is 8.42 Å². The molecular formula is C37H37N3NaO6S2+. The second-order valence-electron chi connectivity index (χ2n) is 11.3. The van der Waals surface area contributed by atoms with Crippen molar-refractivity contribution < 1.29 is 60.1 Å². The molecule has 0 aromatic heterocycles. The molecule has 248 valence electrons. The van der Waals surface area contributed by atoms with Crippen molar-refractivity contribution in [2.75, 3.05) is 37.0 Å². The Morgan fingerprint density at radius 3 is 1.47 bits per heavy atom. The van der Waals surface area contributed by atoms with Gasteiger partial charge in [0.15, 0.2) is 5.71 Å². The van der Waals surface area contributed by atoms with Crippen LogP contribution in [-0.4, -0.2) is 63.4 Å². The molecule has 0 bridgehead atoms. The van der Waals surface area contributed by atoms with Crippen LogP contribution in [0.15, 0.2) is 137 Å². The van der Waals surface area contributed by atoms with Crippen molar-refractivity contribution in [2.24, 2.45) is 0 Å². The van der Waals surface area contributed by atoms with Gasteiger partial charge in [0.25, 0.3) is 10.1 Å². The number of anilines is 4. The summed E-state index contributed by atoms with van der Waals surface area (Å²) in [6.45, 7) is 5.04. The second-order valence-corrected chi connectivity index (χ2v) is 14.1. The topological polar surface area (TPSA) is 121 Å². The number of rotatable bonds is 10. The van der Waals surface area contributed by atoms with Crippen LogP contribution in [0.25, 0.3) is 5.57 Å². The molecule has 1 aliphatic carbocycles. The van der Waals surface area contributed by atoms with Crippen molar-refractivity contribution in [3.05, 3.63) is 138 Å². The van der Waals surface area contributed by atoms with Crippen molar-refractivity contribution in [1.82, 2.24) is 0 Å². The van der Waals surface area contributed by atoms with E-state index in [-0.39, 0.29) is 39.3 Å². The Labute approximate surface area is 311 Å². The van der Waals surface area contributed by atoms with E-state index in [1.807, 2.05) is 90.8 Å². The number of allylic oxidation sites excluding steroid dienone is 5. The van der Waals surface area contributed by atoms with Crippen LogP contribution in [0.3, 0.4) is 0 Å². The van der Waals surface area contributed by atoms with Gasteiger partial charge in [-0.15, -0.1) is 0 Å². The fraction of sp³-hybridized carbons (Fsp3) is 0.162. The molecule has 49 heavy (non-hydrogen) atoms. The van der Waals surface area contributed by atoms with Gasteiger partial charge >= 0.3 is 29.6 Å². The van der Waals surface area contributed by atoms with Gasteiger partial charge < -0.3 is 14.4 Å². The molecular weight excluding hydrogens is 670 g/mol. The van der Waals surface area contributed by atoms with E-state index in [9.17, 15) is 25.9 Å². The van der Waals surface area contributed by atoms with Crippen LogP contribution < -0.4 is 39.4 Å². The molecule has 0 spiro atoms. The average molecular weight is 707 g/mol. The van der Waals surface area contributed by atoms with E-state index in [1.165, 1.54) is 24.3 Å². The molecule has 4 aromatic carbocycles. The van der Waals surface area contributed by atoms with Gasteiger partial charge in [-0.05, 0) is 109 Å². The summed E-state index contributed by atoms with van der Waals surface area (Å²) in [5.74, 6) is 0. The Balaban J connectivity index is 0.00000541. The van der Waals surface area contributed by atoms with E-state index < -0.39 is 20.2 Å². The summed E-state index contributed by atoms with van der Waals surface area (Å²) in [5, 5.41) is 0. The zero-order valence-corrected chi connectivity index (χ0v) is 31.7. The first kappa shape index (κ1) is 38.0. The molecule has 12 heteroatoms. The minimum atomic E-state index is -4.59. The smallest absolute Gasteiger partial charge is 0.744 e. The van der Waals surface area contributed by atoms with Gasteiger partial charge in [0.2, 0.25) is 0 Å². The quantitative estimate of drug-likeness (QED) is 0.150. The normalized spacial score (nSPS) is 12.8. The molecule has 4 aromatic rings. The standard InChI is InChI=1S/C37H37N3O6S2.Na/c1-5-39(33-9-7-11-35(25-33)47(41,42)43)31-21-15-28(16-22-31)37(27-13-19-30(20-14-27)38(3)4)29-17-23-32(24-18-29)40(6-2)34-10-8-12-36(26-34)48(44,45)46;/h7-26H,5-6H2,1-4H3,(H-,41,42,43,44,45,46);/q;+1. The molecule has 0 aliphatic heterocycles. The third-order valence-corrected chi connectivity index (χ3v) is 9.77. The van der Waals surface area contributed by atoms with Crippen LogP contribution in [0.5, 0.6) is 0 Å². The summed E-state index contributed by atoms with van der Waals surface area (Å²) in [6, 6.07) is 28.3. The zero-order chi connectivity index (χ0) is 34.6. The molecule has 0 unspecified atom stereocenters. The minimum Gasteiger partial charge on any atom is -0.744 e. The summed E-state index contributed by atoms with van der Waals surface area (Å²) in [6.07, 6.45) is 8.29. The van der Waals surface area contributed by atoms with E-state index >= 15 is 0 Å². The van der Waals surface area contributed by atoms with Gasteiger partial charge in [0.05, 0.1) is 9.79 Å². The molecule has 0 heterocycles. The molecule has 1 N–H and O–H groups in total. The fourth-order valence-corrected chi connectivity index (χ4v) is 6.72. The molecule has 0 fully saturated rings. The van der Waals surface area contributed by atoms with E-state index in [4.69, 9.17) is 0 Å². The SMILES string of the molecule is CCN(c1ccc(C(=C2C=CC(=[N+](C)C)C=C2)c2ccc(N(CC)c3cccc(S(=O)(=O)O)c3)cc2)cc1)c1cccc(S(=O)(=O)[O-])c1.[Na+]. The first-order chi connectivity index (χ1) is 22.8. The zero-order valence-electron chi connectivity index (χ0n) is 28.1. The Hall–Kier alpha value is -3.81. The van der Waals surface area contributed by atoms with Gasteiger partial charge in [-0.25, -0.2) is 13.0 Å². The van der Waals surface area contributed by atoms with Crippen LogP contribution >= 0.6 is 0 Å². The molecule has 0 radical (unpaired) electrons. The average Bonchev–Trinajstić information content (AvgIpc) is 3.07. The predicted octanol–water partition coefficient (Wildman–Crippen LogP) is 3.80. The second kappa shape index (κ2) is 15.8. The maximum atomic E-state index is 11.8.